The Kier molecular flexibility index (Phi) is 7.17. The van der Waals surface area contributed by atoms with Crippen LogP contribution in [0.2, 0.25) is 0 Å². The van der Waals surface area contributed by atoms with Crippen LogP contribution < -0.4 is 5.32 Å². The second kappa shape index (κ2) is 10.0. The summed E-state index contributed by atoms with van der Waals surface area (Å²) >= 11 is 0. The molecule has 0 saturated heterocycles. The lowest BCUT2D eigenvalue weighted by Gasteiger charge is -2.36. The molecule has 0 heterocycles. The van der Waals surface area contributed by atoms with Gasteiger partial charge < -0.3 is 15.2 Å². The van der Waals surface area contributed by atoms with Gasteiger partial charge >= 0.3 is 0 Å². The summed E-state index contributed by atoms with van der Waals surface area (Å²) in [7, 11) is 0. The molecule has 0 radical (unpaired) electrons. The molecule has 4 heteroatoms. The van der Waals surface area contributed by atoms with Crippen molar-refractivity contribution >= 4 is 5.91 Å². The van der Waals surface area contributed by atoms with Crippen molar-refractivity contribution in [1.29, 1.82) is 0 Å². The molecule has 0 spiro atoms. The molecule has 0 aliphatic heterocycles. The van der Waals surface area contributed by atoms with Crippen molar-refractivity contribution in [2.75, 3.05) is 13.2 Å². The van der Waals surface area contributed by atoms with Gasteiger partial charge in [-0.15, -0.1) is 0 Å². The van der Waals surface area contributed by atoms with E-state index in [0.717, 1.165) is 16.7 Å². The molecule has 1 amide bonds. The summed E-state index contributed by atoms with van der Waals surface area (Å²) in [5, 5.41) is 13.2. The van der Waals surface area contributed by atoms with Crippen LogP contribution >= 0.6 is 0 Å². The predicted molar refractivity (Wildman–Crippen MR) is 114 cm³/mol. The highest BCUT2D eigenvalue weighted by Gasteiger charge is 2.38. The third-order valence-electron chi connectivity index (χ3n) is 4.83. The first-order valence-corrected chi connectivity index (χ1v) is 9.92. The Labute approximate surface area is 172 Å². The number of benzene rings is 3. The van der Waals surface area contributed by atoms with Crippen LogP contribution in [0.25, 0.3) is 0 Å². The number of nitrogens with one attached hydrogen (secondary N) is 1. The van der Waals surface area contributed by atoms with Gasteiger partial charge in [-0.1, -0.05) is 91.0 Å². The smallest absolute Gasteiger partial charge is 0.222 e. The average molecular weight is 389 g/mol. The summed E-state index contributed by atoms with van der Waals surface area (Å²) in [5.74, 6) is -0.187. The van der Waals surface area contributed by atoms with Gasteiger partial charge in [0.25, 0.3) is 0 Å². The SMILES string of the molecule is CCNC(=O)C[C@H](O)COC(c1ccccc1)(c1ccccc1)c1ccccc1. The molecular formula is C25H27NO3. The Morgan fingerprint density at radius 2 is 1.28 bits per heavy atom. The van der Waals surface area contributed by atoms with Gasteiger partial charge in [-0.2, -0.15) is 0 Å². The summed E-state index contributed by atoms with van der Waals surface area (Å²) in [6.45, 7) is 2.41. The van der Waals surface area contributed by atoms with Gasteiger partial charge in [-0.3, -0.25) is 4.79 Å². The predicted octanol–water partition coefficient (Wildman–Crippen LogP) is 3.88. The molecule has 150 valence electrons. The Hall–Kier alpha value is -2.95. The number of carbonyl (C=O) groups is 1. The van der Waals surface area contributed by atoms with E-state index in [0.29, 0.717) is 6.54 Å². The van der Waals surface area contributed by atoms with Crippen LogP contribution in [0, 0.1) is 0 Å². The monoisotopic (exact) mass is 389 g/mol. The molecule has 3 rings (SSSR count). The number of amides is 1. The molecule has 3 aromatic rings. The zero-order chi connectivity index (χ0) is 20.5. The molecule has 29 heavy (non-hydrogen) atoms. The van der Waals surface area contributed by atoms with E-state index < -0.39 is 11.7 Å². The number of carbonyl (C=O) groups excluding carboxylic acids is 1. The van der Waals surface area contributed by atoms with Gasteiger partial charge in [0, 0.05) is 6.54 Å². The summed E-state index contributed by atoms with van der Waals surface area (Å²) in [6.07, 6.45) is -0.903. The maximum Gasteiger partial charge on any atom is 0.222 e. The standard InChI is InChI=1S/C25H27NO3/c1-2-26-24(28)18-23(27)19-29-25(20-12-6-3-7-13-20,21-14-8-4-9-15-21)22-16-10-5-11-17-22/h3-17,23,27H,2,18-19H2,1H3,(H,26,28)/t23-/m0/s1. The zero-order valence-electron chi connectivity index (χ0n) is 16.6. The fourth-order valence-electron chi connectivity index (χ4n) is 3.53. The molecule has 0 unspecified atom stereocenters. The Morgan fingerprint density at radius 3 is 1.66 bits per heavy atom. The van der Waals surface area contributed by atoms with Crippen LogP contribution in [-0.2, 0) is 15.1 Å². The van der Waals surface area contributed by atoms with Crippen LogP contribution in [0.4, 0.5) is 0 Å². The second-order valence-electron chi connectivity index (χ2n) is 6.90. The molecule has 0 bridgehead atoms. The second-order valence-corrected chi connectivity index (χ2v) is 6.90. The van der Waals surface area contributed by atoms with E-state index in [-0.39, 0.29) is 18.9 Å². The molecule has 3 aromatic carbocycles. The van der Waals surface area contributed by atoms with Crippen molar-refractivity contribution in [1.82, 2.24) is 5.32 Å². The molecule has 0 aliphatic carbocycles. The first kappa shape index (κ1) is 20.8. The maximum atomic E-state index is 11.9. The molecule has 0 fully saturated rings. The number of aliphatic hydroxyl groups is 1. The normalized spacial score (nSPS) is 12.3. The Morgan fingerprint density at radius 1 is 0.862 bits per heavy atom. The topological polar surface area (TPSA) is 58.6 Å². The largest absolute Gasteiger partial charge is 0.390 e. The lowest BCUT2D eigenvalue weighted by molar-refractivity contribution is -0.124. The minimum Gasteiger partial charge on any atom is -0.390 e. The lowest BCUT2D eigenvalue weighted by atomic mass is 9.80. The van der Waals surface area contributed by atoms with E-state index in [9.17, 15) is 9.90 Å². The van der Waals surface area contributed by atoms with Gasteiger partial charge in [-0.25, -0.2) is 0 Å². The summed E-state index contributed by atoms with van der Waals surface area (Å²) in [5.41, 5.74) is 1.99. The average Bonchev–Trinajstić information content (AvgIpc) is 2.76. The van der Waals surface area contributed by atoms with E-state index >= 15 is 0 Å². The van der Waals surface area contributed by atoms with E-state index in [4.69, 9.17) is 4.74 Å². The fourth-order valence-corrected chi connectivity index (χ4v) is 3.53. The van der Waals surface area contributed by atoms with Gasteiger partial charge in [0.1, 0.15) is 5.60 Å². The molecule has 0 aliphatic rings. The molecule has 1 atom stereocenters. The summed E-state index contributed by atoms with van der Waals surface area (Å²) in [4.78, 5) is 11.9. The maximum absolute atomic E-state index is 11.9. The van der Waals surface area contributed by atoms with Crippen LogP contribution in [0.1, 0.15) is 30.0 Å². The van der Waals surface area contributed by atoms with Gasteiger partial charge in [0.15, 0.2) is 0 Å². The van der Waals surface area contributed by atoms with Crippen LogP contribution in [-0.4, -0.2) is 30.3 Å². The van der Waals surface area contributed by atoms with Gasteiger partial charge in [-0.05, 0) is 23.6 Å². The summed E-state index contributed by atoms with van der Waals surface area (Å²) in [6, 6.07) is 29.9. The van der Waals surface area contributed by atoms with Crippen molar-refractivity contribution in [2.45, 2.75) is 25.0 Å². The molecular weight excluding hydrogens is 362 g/mol. The highest BCUT2D eigenvalue weighted by atomic mass is 16.5. The molecule has 0 saturated carbocycles. The highest BCUT2D eigenvalue weighted by molar-refractivity contribution is 5.76. The third-order valence-corrected chi connectivity index (χ3v) is 4.83. The van der Waals surface area contributed by atoms with E-state index in [2.05, 4.69) is 5.32 Å². The van der Waals surface area contributed by atoms with E-state index in [1.165, 1.54) is 0 Å². The number of rotatable bonds is 9. The molecule has 4 nitrogen and oxygen atoms in total. The third kappa shape index (κ3) is 4.91. The molecule has 2 N–H and O–H groups in total. The van der Waals surface area contributed by atoms with E-state index in [1.54, 1.807) is 0 Å². The van der Waals surface area contributed by atoms with E-state index in [1.807, 2.05) is 97.9 Å². The van der Waals surface area contributed by atoms with Crippen molar-refractivity contribution < 1.29 is 14.6 Å². The van der Waals surface area contributed by atoms with Crippen molar-refractivity contribution in [3.05, 3.63) is 108 Å². The quantitative estimate of drug-likeness (QED) is 0.546. The highest BCUT2D eigenvalue weighted by Crippen LogP contribution is 2.40. The van der Waals surface area contributed by atoms with Crippen molar-refractivity contribution in [2.24, 2.45) is 0 Å². The van der Waals surface area contributed by atoms with Crippen LogP contribution in [0.15, 0.2) is 91.0 Å². The van der Waals surface area contributed by atoms with Gasteiger partial charge in [0.05, 0.1) is 19.1 Å². The first-order chi connectivity index (χ1) is 14.2. The van der Waals surface area contributed by atoms with Crippen molar-refractivity contribution in [3.63, 3.8) is 0 Å². The Bertz CT molecular complexity index is 785. The Balaban J connectivity index is 2.02. The first-order valence-electron chi connectivity index (χ1n) is 9.92. The molecule has 0 aromatic heterocycles. The fraction of sp³-hybridized carbons (Fsp3) is 0.240. The number of ether oxygens (including phenoxy) is 1. The zero-order valence-corrected chi connectivity index (χ0v) is 16.6. The lowest BCUT2D eigenvalue weighted by Crippen LogP contribution is -2.37. The number of hydrogen-bond acceptors (Lipinski definition) is 3. The number of hydrogen-bond donors (Lipinski definition) is 2. The number of aliphatic hydroxyl groups excluding tert-OH is 1. The van der Waals surface area contributed by atoms with Gasteiger partial charge in [0.2, 0.25) is 5.91 Å². The van der Waals surface area contributed by atoms with Crippen LogP contribution in [0.5, 0.6) is 0 Å². The summed E-state index contributed by atoms with van der Waals surface area (Å²) < 4.78 is 6.50. The minimum absolute atomic E-state index is 0.00227. The minimum atomic E-state index is -0.905. The van der Waals surface area contributed by atoms with Crippen molar-refractivity contribution in [3.8, 4) is 0 Å². The van der Waals surface area contributed by atoms with Crippen LogP contribution in [0.3, 0.4) is 0 Å².